The lowest BCUT2D eigenvalue weighted by Crippen LogP contribution is -2.33. The van der Waals surface area contributed by atoms with Gasteiger partial charge in [0.2, 0.25) is 0 Å². The summed E-state index contributed by atoms with van der Waals surface area (Å²) in [6.45, 7) is 0. The normalized spacial score (nSPS) is 25.5. The highest BCUT2D eigenvalue weighted by Crippen LogP contribution is 2.47. The molecule has 4 atom stereocenters. The van der Waals surface area contributed by atoms with Crippen LogP contribution in [-0.2, 0) is 0 Å². The summed E-state index contributed by atoms with van der Waals surface area (Å²) < 4.78 is 2.56. The number of nitrogens with zero attached hydrogens (tertiary/aromatic N) is 2. The summed E-state index contributed by atoms with van der Waals surface area (Å²) >= 11 is 0. The van der Waals surface area contributed by atoms with Gasteiger partial charge in [0.15, 0.2) is 0 Å². The van der Waals surface area contributed by atoms with Crippen LogP contribution in [0.3, 0.4) is 0 Å². The molecule has 184 valence electrons. The van der Waals surface area contributed by atoms with Crippen molar-refractivity contribution in [2.75, 3.05) is 4.90 Å². The number of fused-ring (bicyclic) bond motifs is 5. The Hall–Kier alpha value is -4.30. The molecule has 4 unspecified atom stereocenters. The van der Waals surface area contributed by atoms with Crippen molar-refractivity contribution < 1.29 is 0 Å². The van der Waals surface area contributed by atoms with Gasteiger partial charge in [0, 0.05) is 45.0 Å². The molecule has 3 aromatic carbocycles. The Morgan fingerprint density at radius 3 is 2.39 bits per heavy atom. The third-order valence-electron chi connectivity index (χ3n) is 8.80. The molecule has 2 nitrogen and oxygen atoms in total. The van der Waals surface area contributed by atoms with Crippen molar-refractivity contribution in [2.24, 2.45) is 5.92 Å². The number of para-hydroxylation sites is 2. The van der Waals surface area contributed by atoms with Crippen molar-refractivity contribution in [2.45, 2.75) is 30.8 Å². The van der Waals surface area contributed by atoms with Crippen LogP contribution >= 0.6 is 0 Å². The molecule has 4 aliphatic rings. The average molecular weight is 491 g/mol. The van der Waals surface area contributed by atoms with E-state index in [4.69, 9.17) is 0 Å². The van der Waals surface area contributed by atoms with Crippen molar-refractivity contribution in [1.29, 1.82) is 0 Å². The maximum atomic E-state index is 2.59. The molecule has 0 saturated heterocycles. The molecule has 0 bridgehead atoms. The molecule has 0 fully saturated rings. The molecule has 0 radical (unpaired) electrons. The average Bonchev–Trinajstić information content (AvgIpc) is 3.50. The second-order valence-electron chi connectivity index (χ2n) is 10.8. The first-order valence-electron chi connectivity index (χ1n) is 13.8. The lowest BCUT2D eigenvalue weighted by molar-refractivity contribution is 0.647. The number of hydrogen-bond donors (Lipinski definition) is 0. The minimum absolute atomic E-state index is 0.346. The summed E-state index contributed by atoms with van der Waals surface area (Å²) in [5.74, 6) is 0.772. The van der Waals surface area contributed by atoms with Gasteiger partial charge in [-0.25, -0.2) is 0 Å². The summed E-state index contributed by atoms with van der Waals surface area (Å²) in [5, 5.41) is 2.69. The molecular weight excluding hydrogens is 460 g/mol. The monoisotopic (exact) mass is 490 g/mol. The fraction of sp³-hybridized carbons (Fsp3) is 0.167. The first kappa shape index (κ1) is 21.8. The van der Waals surface area contributed by atoms with E-state index in [9.17, 15) is 0 Å². The molecule has 1 aliphatic heterocycles. The van der Waals surface area contributed by atoms with Gasteiger partial charge in [0.1, 0.15) is 0 Å². The maximum Gasteiger partial charge on any atom is 0.0626 e. The van der Waals surface area contributed by atoms with Crippen molar-refractivity contribution >= 4 is 27.5 Å². The fourth-order valence-corrected chi connectivity index (χ4v) is 7.07. The predicted molar refractivity (Wildman–Crippen MR) is 159 cm³/mol. The van der Waals surface area contributed by atoms with Crippen LogP contribution in [0.2, 0.25) is 0 Å². The van der Waals surface area contributed by atoms with E-state index in [2.05, 4.69) is 143 Å². The molecule has 0 spiro atoms. The van der Waals surface area contributed by atoms with E-state index in [1.807, 2.05) is 0 Å². The summed E-state index contributed by atoms with van der Waals surface area (Å²) in [6, 6.07) is 27.7. The zero-order valence-corrected chi connectivity index (χ0v) is 21.3. The third kappa shape index (κ3) is 3.26. The Morgan fingerprint density at radius 2 is 1.50 bits per heavy atom. The van der Waals surface area contributed by atoms with Crippen molar-refractivity contribution in [3.8, 4) is 0 Å². The Labute approximate surface area is 223 Å². The molecule has 4 aromatic rings. The van der Waals surface area contributed by atoms with E-state index in [0.717, 1.165) is 12.8 Å². The highest BCUT2D eigenvalue weighted by molar-refractivity contribution is 6.08. The van der Waals surface area contributed by atoms with E-state index in [-0.39, 0.29) is 0 Å². The molecule has 38 heavy (non-hydrogen) atoms. The van der Waals surface area contributed by atoms with Crippen LogP contribution in [0.4, 0.5) is 5.69 Å². The van der Waals surface area contributed by atoms with Gasteiger partial charge < -0.3 is 9.47 Å². The van der Waals surface area contributed by atoms with Gasteiger partial charge >= 0.3 is 0 Å². The Kier molecular flexibility index (Phi) is 4.94. The van der Waals surface area contributed by atoms with Crippen LogP contribution in [0.1, 0.15) is 30.4 Å². The second kappa shape index (κ2) is 8.63. The van der Waals surface area contributed by atoms with Crippen LogP contribution in [0, 0.1) is 5.92 Å². The number of anilines is 1. The number of benzene rings is 3. The second-order valence-corrected chi connectivity index (χ2v) is 10.8. The highest BCUT2D eigenvalue weighted by Gasteiger charge is 2.40. The fourth-order valence-electron chi connectivity index (χ4n) is 7.07. The summed E-state index contributed by atoms with van der Waals surface area (Å²) in [4.78, 5) is 2.59. The largest absolute Gasteiger partial charge is 0.337 e. The molecule has 1 aromatic heterocycles. The first-order valence-corrected chi connectivity index (χ1v) is 13.8. The van der Waals surface area contributed by atoms with Gasteiger partial charge in [-0.15, -0.1) is 0 Å². The number of hydrogen-bond acceptors (Lipinski definition) is 1. The van der Waals surface area contributed by atoms with Crippen molar-refractivity contribution in [1.82, 2.24) is 4.57 Å². The van der Waals surface area contributed by atoms with Gasteiger partial charge in [-0.2, -0.15) is 0 Å². The molecule has 8 rings (SSSR count). The maximum absolute atomic E-state index is 2.59. The number of rotatable bonds is 3. The standard InChI is InChI=1S/C36H30N2/c1-3-11-27(12-4-1)37-33-17-9-7-15-29(33)31-21-19-25(23-35(31)37)26-20-22-32-30-16-8-10-18-34(30)38(36(32)24-26)28-13-5-2-6-14-28/h1-13,15-22,24-25,28-29,33H,14,23H2. The van der Waals surface area contributed by atoms with Crippen LogP contribution in [0.25, 0.3) is 21.8 Å². The summed E-state index contributed by atoms with van der Waals surface area (Å²) in [6.07, 6.45) is 25.1. The topological polar surface area (TPSA) is 8.17 Å². The summed E-state index contributed by atoms with van der Waals surface area (Å²) in [7, 11) is 0. The molecule has 0 N–H and O–H groups in total. The molecule has 2 heterocycles. The van der Waals surface area contributed by atoms with Crippen LogP contribution < -0.4 is 4.90 Å². The van der Waals surface area contributed by atoms with Crippen molar-refractivity contribution in [3.63, 3.8) is 0 Å². The van der Waals surface area contributed by atoms with E-state index < -0.39 is 0 Å². The lowest BCUT2D eigenvalue weighted by Gasteiger charge is -2.32. The highest BCUT2D eigenvalue weighted by atomic mass is 15.2. The van der Waals surface area contributed by atoms with Gasteiger partial charge in [-0.3, -0.25) is 0 Å². The minimum Gasteiger partial charge on any atom is -0.337 e. The van der Waals surface area contributed by atoms with Crippen LogP contribution in [0.5, 0.6) is 0 Å². The lowest BCUT2D eigenvalue weighted by atomic mass is 9.84. The summed E-state index contributed by atoms with van der Waals surface area (Å²) in [5.41, 5.74) is 8.29. The minimum atomic E-state index is 0.346. The third-order valence-corrected chi connectivity index (χ3v) is 8.80. The molecule has 2 heteroatoms. The molecule has 0 saturated carbocycles. The molecule has 3 aliphatic carbocycles. The van der Waals surface area contributed by atoms with E-state index in [1.165, 1.54) is 44.3 Å². The van der Waals surface area contributed by atoms with E-state index in [0.29, 0.717) is 23.9 Å². The number of aromatic nitrogens is 1. The zero-order valence-electron chi connectivity index (χ0n) is 21.3. The molecular formula is C36H30N2. The van der Waals surface area contributed by atoms with Gasteiger partial charge in [0.05, 0.1) is 12.1 Å². The first-order chi connectivity index (χ1) is 18.9. The Morgan fingerprint density at radius 1 is 0.684 bits per heavy atom. The predicted octanol–water partition coefficient (Wildman–Crippen LogP) is 8.78. The van der Waals surface area contributed by atoms with Gasteiger partial charge in [0.25, 0.3) is 0 Å². The van der Waals surface area contributed by atoms with Crippen LogP contribution in [-0.4, -0.2) is 10.6 Å². The SMILES string of the molecule is C1=CCC(n2c3ccccc3c3ccc(C4C=CC5=C(C4)N(c4ccccc4)C4C=CC=CC54)cc32)C=C1. The zero-order chi connectivity index (χ0) is 25.1. The Balaban J connectivity index is 1.22. The quantitative estimate of drug-likeness (QED) is 0.279. The van der Waals surface area contributed by atoms with Gasteiger partial charge in [-0.05, 0) is 48.2 Å². The van der Waals surface area contributed by atoms with Crippen LogP contribution in [0.15, 0.2) is 145 Å². The molecule has 0 amide bonds. The Bertz CT molecular complexity index is 1740. The van der Waals surface area contributed by atoms with Crippen molar-refractivity contribution in [3.05, 3.63) is 150 Å². The van der Waals surface area contributed by atoms with E-state index in [1.54, 1.807) is 0 Å². The van der Waals surface area contributed by atoms with E-state index >= 15 is 0 Å². The van der Waals surface area contributed by atoms with Gasteiger partial charge in [-0.1, -0.05) is 109 Å². The smallest absolute Gasteiger partial charge is 0.0626 e. The number of allylic oxidation sites excluding steroid dienone is 9.